The third kappa shape index (κ3) is 5.51. The normalized spacial score (nSPS) is 11.4. The van der Waals surface area contributed by atoms with Gasteiger partial charge in [-0.05, 0) is 119 Å². The Bertz CT molecular complexity index is 2880. The van der Waals surface area contributed by atoms with Crippen molar-refractivity contribution < 1.29 is 0 Å². The highest BCUT2D eigenvalue weighted by Crippen LogP contribution is 2.41. The summed E-state index contributed by atoms with van der Waals surface area (Å²) in [5.41, 5.74) is 10.6. The van der Waals surface area contributed by atoms with E-state index >= 15 is 0 Å². The van der Waals surface area contributed by atoms with Gasteiger partial charge in [0.1, 0.15) is 0 Å². The van der Waals surface area contributed by atoms with E-state index < -0.39 is 0 Å². The molecule has 0 aliphatic heterocycles. The summed E-state index contributed by atoms with van der Waals surface area (Å²) in [7, 11) is 0. The molecule has 0 N–H and O–H groups in total. The number of hydrogen-bond donors (Lipinski definition) is 0. The average Bonchev–Trinajstić information content (AvgIpc) is 3.24. The van der Waals surface area contributed by atoms with Crippen LogP contribution in [0.25, 0.3) is 76.5 Å². The molecule has 0 aliphatic rings. The van der Waals surface area contributed by atoms with Crippen LogP contribution in [0.4, 0.5) is 17.1 Å². The number of benzene rings is 10. The van der Waals surface area contributed by atoms with Crippen LogP contribution in [0.15, 0.2) is 212 Å². The maximum Gasteiger partial charge on any atom is 0.0467 e. The molecule has 1 nitrogen and oxygen atoms in total. The minimum atomic E-state index is 1.11. The predicted molar refractivity (Wildman–Crippen MR) is 227 cm³/mol. The molecule has 0 aliphatic carbocycles. The van der Waals surface area contributed by atoms with Gasteiger partial charge in [-0.2, -0.15) is 0 Å². The Hall–Kier alpha value is -6.96. The molecule has 0 unspecified atom stereocenters. The lowest BCUT2D eigenvalue weighted by atomic mass is 9.92. The molecule has 53 heavy (non-hydrogen) atoms. The first-order chi connectivity index (χ1) is 26.3. The van der Waals surface area contributed by atoms with Crippen LogP contribution < -0.4 is 4.90 Å². The predicted octanol–water partition coefficient (Wildman–Crippen LogP) is 14.8. The zero-order valence-corrected chi connectivity index (χ0v) is 29.2. The third-order valence-corrected chi connectivity index (χ3v) is 10.6. The van der Waals surface area contributed by atoms with E-state index in [-0.39, 0.29) is 0 Å². The Labute approximate surface area is 309 Å². The van der Waals surface area contributed by atoms with Gasteiger partial charge in [0.2, 0.25) is 0 Å². The molecule has 0 radical (unpaired) electrons. The van der Waals surface area contributed by atoms with E-state index in [1.165, 1.54) is 76.5 Å². The first-order valence-corrected chi connectivity index (χ1v) is 18.3. The average molecular weight is 674 g/mol. The SMILES string of the molecule is c1ccc(-c2ccc(N(c3ccc(-c4ccc5c6ccccc6c6ccccc6c5c4)cc3)c3cccc(-c4cccc5ccccc45)c3)cc2)cc1. The van der Waals surface area contributed by atoms with Crippen molar-refractivity contribution in [2.75, 3.05) is 4.90 Å². The van der Waals surface area contributed by atoms with Gasteiger partial charge >= 0.3 is 0 Å². The fourth-order valence-electron chi connectivity index (χ4n) is 8.06. The smallest absolute Gasteiger partial charge is 0.0467 e. The van der Waals surface area contributed by atoms with Gasteiger partial charge in [-0.1, -0.05) is 170 Å². The number of rotatable bonds is 6. The molecular formula is C52H35N. The lowest BCUT2D eigenvalue weighted by Crippen LogP contribution is -2.10. The Balaban J connectivity index is 1.08. The van der Waals surface area contributed by atoms with Crippen LogP contribution in [0.3, 0.4) is 0 Å². The molecule has 0 aromatic heterocycles. The highest BCUT2D eigenvalue weighted by Gasteiger charge is 2.16. The number of nitrogens with zero attached hydrogens (tertiary/aromatic N) is 1. The second-order valence-corrected chi connectivity index (χ2v) is 13.7. The summed E-state index contributed by atoms with van der Waals surface area (Å²) in [4.78, 5) is 2.37. The zero-order valence-electron chi connectivity index (χ0n) is 29.2. The molecule has 0 saturated heterocycles. The molecule has 0 amide bonds. The Morgan fingerprint density at radius 1 is 0.226 bits per heavy atom. The molecule has 0 fully saturated rings. The second kappa shape index (κ2) is 13.0. The van der Waals surface area contributed by atoms with Crippen LogP contribution in [0, 0.1) is 0 Å². The van der Waals surface area contributed by atoms with Gasteiger partial charge in [-0.25, -0.2) is 0 Å². The van der Waals surface area contributed by atoms with E-state index in [9.17, 15) is 0 Å². The summed E-state index contributed by atoms with van der Waals surface area (Å²) >= 11 is 0. The van der Waals surface area contributed by atoms with Gasteiger partial charge in [-0.3, -0.25) is 0 Å². The molecule has 10 aromatic carbocycles. The summed E-state index contributed by atoms with van der Waals surface area (Å²) < 4.78 is 0. The molecule has 0 spiro atoms. The van der Waals surface area contributed by atoms with Gasteiger partial charge in [0.15, 0.2) is 0 Å². The van der Waals surface area contributed by atoms with Crippen molar-refractivity contribution in [2.24, 2.45) is 0 Å². The number of anilines is 3. The van der Waals surface area contributed by atoms with Crippen LogP contribution in [0.1, 0.15) is 0 Å². The van der Waals surface area contributed by atoms with E-state index in [0.29, 0.717) is 0 Å². The minimum absolute atomic E-state index is 1.11. The first-order valence-electron chi connectivity index (χ1n) is 18.3. The molecule has 0 saturated carbocycles. The van der Waals surface area contributed by atoms with Gasteiger partial charge in [0, 0.05) is 17.1 Å². The molecule has 0 atom stereocenters. The fourth-order valence-corrected chi connectivity index (χ4v) is 8.06. The molecule has 10 aromatic rings. The van der Waals surface area contributed by atoms with Crippen LogP contribution in [-0.4, -0.2) is 0 Å². The van der Waals surface area contributed by atoms with E-state index in [1.54, 1.807) is 0 Å². The summed E-state index contributed by atoms with van der Waals surface area (Å²) in [6.07, 6.45) is 0. The molecule has 10 rings (SSSR count). The van der Waals surface area contributed by atoms with Gasteiger partial charge in [0.05, 0.1) is 0 Å². The molecule has 248 valence electrons. The van der Waals surface area contributed by atoms with Crippen LogP contribution in [0.2, 0.25) is 0 Å². The Morgan fingerprint density at radius 2 is 0.679 bits per heavy atom. The largest absolute Gasteiger partial charge is 0.310 e. The standard InChI is InChI=1S/C52H35N/c1-2-12-36(13-3-1)37-24-29-42(30-25-37)53(44-17-10-16-41(34-44)46-23-11-15-39-14-4-5-18-45(39)46)43-31-26-38(27-32-43)40-28-33-51-49-21-7-6-19-47(49)48-20-8-9-22-50(48)52(51)35-40/h1-35H. The molecular weight excluding hydrogens is 639 g/mol. The monoisotopic (exact) mass is 673 g/mol. The molecule has 0 bridgehead atoms. The highest BCUT2D eigenvalue weighted by atomic mass is 15.1. The highest BCUT2D eigenvalue weighted by molar-refractivity contribution is 6.25. The van der Waals surface area contributed by atoms with Gasteiger partial charge in [0.25, 0.3) is 0 Å². The van der Waals surface area contributed by atoms with E-state index in [1.807, 2.05) is 0 Å². The van der Waals surface area contributed by atoms with Crippen molar-refractivity contribution in [3.05, 3.63) is 212 Å². The number of fused-ring (bicyclic) bond motifs is 7. The van der Waals surface area contributed by atoms with Crippen LogP contribution >= 0.6 is 0 Å². The van der Waals surface area contributed by atoms with Crippen molar-refractivity contribution in [1.82, 2.24) is 0 Å². The van der Waals surface area contributed by atoms with Crippen molar-refractivity contribution >= 4 is 60.2 Å². The maximum atomic E-state index is 2.37. The van der Waals surface area contributed by atoms with Crippen molar-refractivity contribution in [2.45, 2.75) is 0 Å². The van der Waals surface area contributed by atoms with Crippen molar-refractivity contribution in [1.29, 1.82) is 0 Å². The second-order valence-electron chi connectivity index (χ2n) is 13.7. The Morgan fingerprint density at radius 3 is 1.34 bits per heavy atom. The first kappa shape index (κ1) is 30.8. The fraction of sp³-hybridized carbons (Fsp3) is 0. The summed E-state index contributed by atoms with van der Waals surface area (Å²) in [5, 5.41) is 10.2. The van der Waals surface area contributed by atoms with Gasteiger partial charge in [-0.15, -0.1) is 0 Å². The number of hydrogen-bond acceptors (Lipinski definition) is 1. The van der Waals surface area contributed by atoms with Gasteiger partial charge < -0.3 is 4.90 Å². The lowest BCUT2D eigenvalue weighted by molar-refractivity contribution is 1.28. The summed E-state index contributed by atoms with van der Waals surface area (Å²) in [5.74, 6) is 0. The maximum absolute atomic E-state index is 2.37. The van der Waals surface area contributed by atoms with Crippen LogP contribution in [0.5, 0.6) is 0 Å². The minimum Gasteiger partial charge on any atom is -0.310 e. The zero-order chi connectivity index (χ0) is 35.1. The van der Waals surface area contributed by atoms with Crippen molar-refractivity contribution in [3.63, 3.8) is 0 Å². The van der Waals surface area contributed by atoms with Crippen LogP contribution in [-0.2, 0) is 0 Å². The third-order valence-electron chi connectivity index (χ3n) is 10.6. The lowest BCUT2D eigenvalue weighted by Gasteiger charge is -2.26. The topological polar surface area (TPSA) is 3.24 Å². The van der Waals surface area contributed by atoms with E-state index in [2.05, 4.69) is 217 Å². The molecule has 1 heteroatoms. The summed E-state index contributed by atoms with van der Waals surface area (Å²) in [6.45, 7) is 0. The van der Waals surface area contributed by atoms with E-state index in [4.69, 9.17) is 0 Å². The summed E-state index contributed by atoms with van der Waals surface area (Å²) in [6, 6.07) is 77.2. The quantitative estimate of drug-likeness (QED) is 0.159. The Kier molecular flexibility index (Phi) is 7.55. The van der Waals surface area contributed by atoms with E-state index in [0.717, 1.165) is 17.1 Å². The van der Waals surface area contributed by atoms with Crippen molar-refractivity contribution in [3.8, 4) is 33.4 Å². The molecule has 0 heterocycles.